The Morgan fingerprint density at radius 3 is 2.71 bits per heavy atom. The first-order chi connectivity index (χ1) is 19.3. The fraction of sp³-hybridized carbons (Fsp3) is 0.444. The van der Waals surface area contributed by atoms with Crippen LogP contribution in [0.2, 0.25) is 0 Å². The number of rotatable bonds is 7. The molecule has 1 amide bonds. The van der Waals surface area contributed by atoms with Crippen LogP contribution in [-0.2, 0) is 12.1 Å². The van der Waals surface area contributed by atoms with Crippen molar-refractivity contribution in [1.82, 2.24) is 25.0 Å². The molecule has 0 saturated carbocycles. The molecule has 0 aliphatic carbocycles. The van der Waals surface area contributed by atoms with Gasteiger partial charge in [0.05, 0.1) is 46.2 Å². The van der Waals surface area contributed by atoms with Crippen molar-refractivity contribution in [3.63, 3.8) is 0 Å². The first-order valence-electron chi connectivity index (χ1n) is 13.0. The molecule has 4 aromatic rings. The molecule has 2 N–H and O–H groups in total. The summed E-state index contributed by atoms with van der Waals surface area (Å²) in [5.41, 5.74) is -3.76. The fourth-order valence-corrected chi connectivity index (χ4v) is 5.28. The van der Waals surface area contributed by atoms with Gasteiger partial charge in [-0.05, 0) is 58.1 Å². The monoisotopic (exact) mass is 594 g/mol. The Bertz CT molecular complexity index is 1540. The Morgan fingerprint density at radius 2 is 2.02 bits per heavy atom. The number of benzene rings is 1. The largest absolute Gasteiger partial charge is 0.448 e. The normalized spacial score (nSPS) is 18.6. The number of thioether (sulfide) groups is 1. The van der Waals surface area contributed by atoms with E-state index in [1.165, 1.54) is 18.5 Å². The fourth-order valence-electron chi connectivity index (χ4n) is 4.56. The third kappa shape index (κ3) is 6.53. The van der Waals surface area contributed by atoms with Crippen molar-refractivity contribution >= 4 is 34.3 Å². The maximum Gasteiger partial charge on any atom is 0.446 e. The van der Waals surface area contributed by atoms with E-state index in [-0.39, 0.29) is 63.6 Å². The van der Waals surface area contributed by atoms with E-state index in [1.54, 1.807) is 23.0 Å². The maximum atomic E-state index is 14.7. The number of nitrogens with one attached hydrogen (secondary N) is 2. The summed E-state index contributed by atoms with van der Waals surface area (Å²) in [5, 5.41) is 10.2. The number of carbonyl (C=O) groups excluding carboxylic acids is 1. The summed E-state index contributed by atoms with van der Waals surface area (Å²) in [6, 6.07) is 4.22. The first-order valence-corrected chi connectivity index (χ1v) is 13.8. The van der Waals surface area contributed by atoms with Gasteiger partial charge < -0.3 is 24.4 Å². The number of hydrogen-bond donors (Lipinski definition) is 2. The van der Waals surface area contributed by atoms with Gasteiger partial charge in [-0.3, -0.25) is 9.48 Å². The molecule has 1 aliphatic rings. The van der Waals surface area contributed by atoms with Crippen LogP contribution in [0.25, 0.3) is 22.6 Å². The number of fused-ring (bicyclic) bond motifs is 1. The molecular formula is C27H30F4N6O3S. The van der Waals surface area contributed by atoms with E-state index in [2.05, 4.69) is 20.7 Å². The van der Waals surface area contributed by atoms with Crippen LogP contribution in [0.1, 0.15) is 43.2 Å². The highest BCUT2D eigenvalue weighted by molar-refractivity contribution is 8.00. The highest BCUT2D eigenvalue weighted by Crippen LogP contribution is 2.48. The SMILES string of the molecule is CN1CC[C@@H](Nc2cccc3c(SC(F)(F)F)c(-c4nc(CNC(=O)c5cnn(C(C)(C)C)c5)co4)oc23)[C@@H](F)C1. The van der Waals surface area contributed by atoms with Crippen LogP contribution in [0.15, 0.2) is 50.6 Å². The number of piperidine rings is 1. The predicted octanol–water partition coefficient (Wildman–Crippen LogP) is 6.04. The van der Waals surface area contributed by atoms with Crippen molar-refractivity contribution in [1.29, 1.82) is 0 Å². The molecule has 1 saturated heterocycles. The molecule has 0 bridgehead atoms. The molecule has 1 aromatic carbocycles. The molecule has 1 aliphatic heterocycles. The van der Waals surface area contributed by atoms with E-state index in [9.17, 15) is 22.4 Å². The standard InChI is InChI=1S/C27H30F4N6O3S/c1-26(2,3)37-12-15(10-33-37)24(38)32-11-16-14-39-25(34-16)22-23(41-27(29,30)31)17-6-5-7-20(21(17)40-22)35-19-8-9-36(4)13-18(19)28/h5-7,10,12,14,18-19,35H,8-9,11,13H2,1-4H3,(H,32,38)/t18-,19+/m0/s1. The summed E-state index contributed by atoms with van der Waals surface area (Å²) in [6.45, 7) is 6.75. The molecule has 0 spiro atoms. The van der Waals surface area contributed by atoms with Crippen molar-refractivity contribution in [2.45, 2.75) is 61.9 Å². The lowest BCUT2D eigenvalue weighted by molar-refractivity contribution is -0.0327. The van der Waals surface area contributed by atoms with Crippen molar-refractivity contribution in [3.8, 4) is 11.7 Å². The highest BCUT2D eigenvalue weighted by Gasteiger charge is 2.36. The Balaban J connectivity index is 1.40. The van der Waals surface area contributed by atoms with Gasteiger partial charge in [-0.1, -0.05) is 6.07 Å². The van der Waals surface area contributed by atoms with Crippen LogP contribution in [-0.4, -0.2) is 63.4 Å². The molecule has 5 rings (SSSR count). The lowest BCUT2D eigenvalue weighted by Gasteiger charge is -2.33. The summed E-state index contributed by atoms with van der Waals surface area (Å²) in [6.07, 6.45) is 3.69. The number of furan rings is 1. The number of halogens is 4. The van der Waals surface area contributed by atoms with Gasteiger partial charge in [0.15, 0.2) is 5.58 Å². The smallest absolute Gasteiger partial charge is 0.446 e. The van der Waals surface area contributed by atoms with E-state index in [4.69, 9.17) is 8.83 Å². The van der Waals surface area contributed by atoms with E-state index in [0.29, 0.717) is 24.2 Å². The highest BCUT2D eigenvalue weighted by atomic mass is 32.2. The molecule has 0 radical (unpaired) electrons. The number of likely N-dealkylation sites (tertiary alicyclic amines) is 1. The van der Waals surface area contributed by atoms with Crippen LogP contribution in [0.5, 0.6) is 0 Å². The molecule has 2 atom stereocenters. The summed E-state index contributed by atoms with van der Waals surface area (Å²) in [7, 11) is 1.83. The maximum absolute atomic E-state index is 14.7. The van der Waals surface area contributed by atoms with Crippen LogP contribution in [0.3, 0.4) is 0 Å². The number of para-hydroxylation sites is 1. The molecule has 1 fully saturated rings. The van der Waals surface area contributed by atoms with E-state index < -0.39 is 23.6 Å². The zero-order chi connectivity index (χ0) is 29.5. The van der Waals surface area contributed by atoms with Crippen LogP contribution in [0, 0.1) is 0 Å². The second kappa shape index (κ2) is 11.0. The number of anilines is 1. The molecule has 14 heteroatoms. The van der Waals surface area contributed by atoms with Gasteiger partial charge in [0.25, 0.3) is 11.8 Å². The first kappa shape index (κ1) is 29.0. The van der Waals surface area contributed by atoms with Gasteiger partial charge in [-0.2, -0.15) is 18.3 Å². The molecule has 3 aromatic heterocycles. The third-order valence-electron chi connectivity index (χ3n) is 6.68. The molecule has 41 heavy (non-hydrogen) atoms. The number of amides is 1. The zero-order valence-corrected chi connectivity index (χ0v) is 23.7. The number of hydrogen-bond acceptors (Lipinski definition) is 8. The molecule has 0 unspecified atom stereocenters. The van der Waals surface area contributed by atoms with Crippen LogP contribution < -0.4 is 10.6 Å². The van der Waals surface area contributed by atoms with Gasteiger partial charge in [0, 0.05) is 24.7 Å². The second-order valence-corrected chi connectivity index (χ2v) is 12.1. The molecule has 4 heterocycles. The second-order valence-electron chi connectivity index (χ2n) is 11.0. The Kier molecular flexibility index (Phi) is 7.81. The Hall–Kier alpha value is -3.52. The summed E-state index contributed by atoms with van der Waals surface area (Å²) < 4.78 is 68.6. The van der Waals surface area contributed by atoms with Gasteiger partial charge in [-0.15, -0.1) is 0 Å². The minimum Gasteiger partial charge on any atom is -0.448 e. The summed E-state index contributed by atoms with van der Waals surface area (Å²) in [4.78, 5) is 18.5. The molecule has 9 nitrogen and oxygen atoms in total. The lowest BCUT2D eigenvalue weighted by Crippen LogP contribution is -2.46. The van der Waals surface area contributed by atoms with Crippen LogP contribution >= 0.6 is 11.8 Å². The summed E-state index contributed by atoms with van der Waals surface area (Å²) in [5.74, 6) is -0.773. The minimum absolute atomic E-state index is 0.0359. The summed E-state index contributed by atoms with van der Waals surface area (Å²) >= 11 is -0.338. The number of carbonyl (C=O) groups is 1. The zero-order valence-electron chi connectivity index (χ0n) is 22.9. The predicted molar refractivity (Wildman–Crippen MR) is 146 cm³/mol. The van der Waals surface area contributed by atoms with Crippen molar-refractivity contribution in [3.05, 3.63) is 48.1 Å². The molecule has 220 valence electrons. The number of aromatic nitrogens is 3. The topological polar surface area (TPSA) is 101 Å². The van der Waals surface area contributed by atoms with Crippen molar-refractivity contribution in [2.75, 3.05) is 25.5 Å². The average Bonchev–Trinajstić information content (AvgIpc) is 3.63. The number of alkyl halides is 4. The van der Waals surface area contributed by atoms with Crippen molar-refractivity contribution < 1.29 is 31.2 Å². The van der Waals surface area contributed by atoms with E-state index in [0.717, 1.165) is 0 Å². The molecular weight excluding hydrogens is 564 g/mol. The van der Waals surface area contributed by atoms with Gasteiger partial charge >= 0.3 is 5.51 Å². The van der Waals surface area contributed by atoms with E-state index in [1.807, 2.05) is 32.7 Å². The minimum atomic E-state index is -4.62. The Morgan fingerprint density at radius 1 is 1.24 bits per heavy atom. The lowest BCUT2D eigenvalue weighted by atomic mass is 10.0. The van der Waals surface area contributed by atoms with Crippen LogP contribution in [0.4, 0.5) is 23.2 Å². The quantitative estimate of drug-likeness (QED) is 0.198. The van der Waals surface area contributed by atoms with Gasteiger partial charge in [0.2, 0.25) is 5.76 Å². The number of oxazole rings is 1. The van der Waals surface area contributed by atoms with Crippen molar-refractivity contribution in [2.24, 2.45) is 0 Å². The van der Waals surface area contributed by atoms with Gasteiger partial charge in [-0.25, -0.2) is 9.37 Å². The Labute approximate surface area is 237 Å². The number of nitrogens with zero attached hydrogens (tertiary/aromatic N) is 4. The van der Waals surface area contributed by atoms with E-state index >= 15 is 0 Å². The van der Waals surface area contributed by atoms with Gasteiger partial charge in [0.1, 0.15) is 12.4 Å². The average molecular weight is 595 g/mol. The third-order valence-corrected chi connectivity index (χ3v) is 7.52.